The highest BCUT2D eigenvalue weighted by molar-refractivity contribution is 5.90. The second-order valence-electron chi connectivity index (χ2n) is 7.25. The molecule has 0 bridgehead atoms. The molecule has 3 aromatic heterocycles. The Morgan fingerprint density at radius 1 is 1.32 bits per heavy atom. The van der Waals surface area contributed by atoms with Gasteiger partial charge in [-0.1, -0.05) is 13.8 Å². The number of carbonyl (C=O) groups excluding carboxylic acids is 1. The van der Waals surface area contributed by atoms with Gasteiger partial charge in [0.25, 0.3) is 5.56 Å². The molecule has 1 aliphatic carbocycles. The van der Waals surface area contributed by atoms with Crippen molar-refractivity contribution >= 4 is 17.1 Å². The maximum Gasteiger partial charge on any atom is 0.293 e. The summed E-state index contributed by atoms with van der Waals surface area (Å²) >= 11 is 0. The third kappa shape index (κ3) is 3.47. The standard InChI is InChI=1S/C19H22N6O3/c1-11(2)18-23-24(10-16(26)21-13-6-7-20-17(8-13)28-3)19(27)15-9-14(12-4-5-12)22-25(15)18/h6-9,11-12H,4-5,10H2,1-3H3,(H,20,21,26). The number of hydrogen-bond acceptors (Lipinski definition) is 6. The van der Waals surface area contributed by atoms with Crippen LogP contribution in [0.5, 0.6) is 5.88 Å². The summed E-state index contributed by atoms with van der Waals surface area (Å²) in [6.45, 7) is 3.78. The molecule has 0 aromatic carbocycles. The van der Waals surface area contributed by atoms with Crippen molar-refractivity contribution < 1.29 is 9.53 Å². The van der Waals surface area contributed by atoms with Gasteiger partial charge in [0, 0.05) is 29.8 Å². The molecule has 28 heavy (non-hydrogen) atoms. The molecule has 1 saturated carbocycles. The van der Waals surface area contributed by atoms with E-state index in [9.17, 15) is 9.59 Å². The summed E-state index contributed by atoms with van der Waals surface area (Å²) in [6.07, 6.45) is 3.73. The Kier molecular flexibility index (Phi) is 4.58. The molecule has 1 amide bonds. The summed E-state index contributed by atoms with van der Waals surface area (Å²) in [7, 11) is 1.50. The molecule has 3 aromatic rings. The van der Waals surface area contributed by atoms with E-state index < -0.39 is 0 Å². The lowest BCUT2D eigenvalue weighted by atomic mass is 10.2. The molecule has 0 spiro atoms. The summed E-state index contributed by atoms with van der Waals surface area (Å²) in [5.41, 5.74) is 1.59. The lowest BCUT2D eigenvalue weighted by molar-refractivity contribution is -0.117. The quantitative estimate of drug-likeness (QED) is 0.699. The Morgan fingerprint density at radius 3 is 2.79 bits per heavy atom. The van der Waals surface area contributed by atoms with Crippen molar-refractivity contribution in [3.63, 3.8) is 0 Å². The van der Waals surface area contributed by atoms with Gasteiger partial charge in [0.2, 0.25) is 11.8 Å². The van der Waals surface area contributed by atoms with Crippen LogP contribution in [0.4, 0.5) is 5.69 Å². The first-order valence-corrected chi connectivity index (χ1v) is 9.27. The number of nitrogens with one attached hydrogen (secondary N) is 1. The van der Waals surface area contributed by atoms with E-state index in [-0.39, 0.29) is 23.9 Å². The van der Waals surface area contributed by atoms with Crippen LogP contribution in [-0.2, 0) is 11.3 Å². The zero-order valence-corrected chi connectivity index (χ0v) is 16.0. The Bertz CT molecular complexity index is 1100. The third-order valence-electron chi connectivity index (χ3n) is 4.66. The fourth-order valence-electron chi connectivity index (χ4n) is 3.05. The van der Waals surface area contributed by atoms with E-state index in [1.807, 2.05) is 19.9 Å². The summed E-state index contributed by atoms with van der Waals surface area (Å²) < 4.78 is 7.88. The number of rotatable bonds is 6. The largest absolute Gasteiger partial charge is 0.481 e. The minimum Gasteiger partial charge on any atom is -0.481 e. The van der Waals surface area contributed by atoms with Crippen LogP contribution in [0.15, 0.2) is 29.2 Å². The molecule has 9 heteroatoms. The lowest BCUT2D eigenvalue weighted by Gasteiger charge is -2.12. The Balaban J connectivity index is 1.65. The van der Waals surface area contributed by atoms with E-state index >= 15 is 0 Å². The van der Waals surface area contributed by atoms with Gasteiger partial charge in [-0.15, -0.1) is 0 Å². The summed E-state index contributed by atoms with van der Waals surface area (Å²) in [5, 5.41) is 11.7. The van der Waals surface area contributed by atoms with Crippen LogP contribution in [0.2, 0.25) is 0 Å². The highest BCUT2D eigenvalue weighted by Gasteiger charge is 2.28. The van der Waals surface area contributed by atoms with Crippen LogP contribution in [-0.4, -0.2) is 37.4 Å². The minimum atomic E-state index is -0.358. The predicted molar refractivity (Wildman–Crippen MR) is 103 cm³/mol. The summed E-state index contributed by atoms with van der Waals surface area (Å²) in [5.74, 6) is 1.17. The number of carbonyl (C=O) groups is 1. The monoisotopic (exact) mass is 382 g/mol. The zero-order chi connectivity index (χ0) is 19.8. The summed E-state index contributed by atoms with van der Waals surface area (Å²) in [4.78, 5) is 29.4. The van der Waals surface area contributed by atoms with Crippen LogP contribution in [0.25, 0.3) is 5.52 Å². The number of fused-ring (bicyclic) bond motifs is 1. The molecule has 0 aliphatic heterocycles. The SMILES string of the molecule is COc1cc(NC(=O)Cn2nc(C(C)C)n3nc(C4CC4)cc3c2=O)ccn1. The first kappa shape index (κ1) is 18.1. The van der Waals surface area contributed by atoms with Crippen molar-refractivity contribution in [2.75, 3.05) is 12.4 Å². The van der Waals surface area contributed by atoms with Crippen molar-refractivity contribution in [3.8, 4) is 5.88 Å². The van der Waals surface area contributed by atoms with Crippen molar-refractivity contribution in [1.29, 1.82) is 0 Å². The van der Waals surface area contributed by atoms with Crippen molar-refractivity contribution in [3.05, 3.63) is 46.3 Å². The van der Waals surface area contributed by atoms with Crippen molar-refractivity contribution in [1.82, 2.24) is 24.4 Å². The van der Waals surface area contributed by atoms with E-state index in [4.69, 9.17) is 4.74 Å². The number of methoxy groups -OCH3 is 1. The van der Waals surface area contributed by atoms with E-state index in [0.717, 1.165) is 18.5 Å². The average Bonchev–Trinajstić information content (AvgIpc) is 3.42. The Morgan fingerprint density at radius 2 is 2.11 bits per heavy atom. The smallest absolute Gasteiger partial charge is 0.293 e. The molecule has 0 atom stereocenters. The molecule has 0 unspecified atom stereocenters. The van der Waals surface area contributed by atoms with E-state index in [1.165, 1.54) is 18.0 Å². The van der Waals surface area contributed by atoms with Gasteiger partial charge in [0.05, 0.1) is 12.8 Å². The zero-order valence-electron chi connectivity index (χ0n) is 16.0. The number of anilines is 1. The van der Waals surface area contributed by atoms with Gasteiger partial charge in [0.1, 0.15) is 12.1 Å². The van der Waals surface area contributed by atoms with Crippen LogP contribution >= 0.6 is 0 Å². The van der Waals surface area contributed by atoms with Gasteiger partial charge in [0.15, 0.2) is 5.82 Å². The number of hydrogen-bond donors (Lipinski definition) is 1. The summed E-state index contributed by atoms with van der Waals surface area (Å²) in [6, 6.07) is 5.09. The molecule has 3 heterocycles. The predicted octanol–water partition coefficient (Wildman–Crippen LogP) is 1.93. The highest BCUT2D eigenvalue weighted by atomic mass is 16.5. The molecule has 1 aliphatic rings. The van der Waals surface area contributed by atoms with E-state index in [1.54, 1.807) is 16.6 Å². The van der Waals surface area contributed by atoms with E-state index in [2.05, 4.69) is 20.5 Å². The Labute approximate surface area is 161 Å². The van der Waals surface area contributed by atoms with E-state index in [0.29, 0.717) is 28.8 Å². The van der Waals surface area contributed by atoms with Gasteiger partial charge >= 0.3 is 0 Å². The molecular weight excluding hydrogens is 360 g/mol. The lowest BCUT2D eigenvalue weighted by Crippen LogP contribution is -2.32. The van der Waals surface area contributed by atoms with Crippen LogP contribution < -0.4 is 15.6 Å². The first-order valence-electron chi connectivity index (χ1n) is 9.27. The molecule has 4 rings (SSSR count). The number of aromatic nitrogens is 5. The van der Waals surface area contributed by atoms with Crippen LogP contribution in [0.3, 0.4) is 0 Å². The first-order chi connectivity index (χ1) is 13.5. The normalized spacial score (nSPS) is 13.9. The molecule has 1 N–H and O–H groups in total. The third-order valence-corrected chi connectivity index (χ3v) is 4.66. The molecular formula is C19H22N6O3. The molecule has 0 radical (unpaired) electrons. The molecule has 146 valence electrons. The van der Waals surface area contributed by atoms with Crippen LogP contribution in [0.1, 0.15) is 50.0 Å². The topological polar surface area (TPSA) is 103 Å². The maximum atomic E-state index is 12.9. The number of nitrogens with zero attached hydrogens (tertiary/aromatic N) is 5. The Hall–Kier alpha value is -3.23. The highest BCUT2D eigenvalue weighted by Crippen LogP contribution is 2.39. The second-order valence-corrected chi connectivity index (χ2v) is 7.25. The number of ether oxygens (including phenoxy) is 1. The van der Waals surface area contributed by atoms with Gasteiger partial charge in [-0.05, 0) is 25.0 Å². The maximum absolute atomic E-state index is 12.9. The van der Waals surface area contributed by atoms with Crippen LogP contribution in [0, 0.1) is 0 Å². The average molecular weight is 382 g/mol. The number of amides is 1. The second kappa shape index (κ2) is 7.06. The van der Waals surface area contributed by atoms with Gasteiger partial charge in [-0.3, -0.25) is 9.59 Å². The molecule has 1 fully saturated rings. The van der Waals surface area contributed by atoms with Gasteiger partial charge in [-0.2, -0.15) is 10.2 Å². The van der Waals surface area contributed by atoms with Crippen molar-refractivity contribution in [2.45, 2.75) is 45.1 Å². The minimum absolute atomic E-state index is 0.0498. The van der Waals surface area contributed by atoms with Gasteiger partial charge < -0.3 is 10.1 Å². The van der Waals surface area contributed by atoms with Gasteiger partial charge in [-0.25, -0.2) is 14.2 Å². The fourth-order valence-corrected chi connectivity index (χ4v) is 3.05. The number of pyridine rings is 1. The van der Waals surface area contributed by atoms with Crippen molar-refractivity contribution in [2.24, 2.45) is 0 Å². The molecule has 0 saturated heterocycles. The molecule has 9 nitrogen and oxygen atoms in total. The fraction of sp³-hybridized carbons (Fsp3) is 0.421.